The van der Waals surface area contributed by atoms with Gasteiger partial charge in [0.2, 0.25) is 10.0 Å². The second kappa shape index (κ2) is 5.78. The Labute approximate surface area is 113 Å². The van der Waals surface area contributed by atoms with Crippen LogP contribution in [0, 0.1) is 11.3 Å². The zero-order valence-corrected chi connectivity index (χ0v) is 12.0. The van der Waals surface area contributed by atoms with E-state index in [2.05, 4.69) is 25.6 Å². The molecule has 1 unspecified atom stereocenters. The van der Waals surface area contributed by atoms with Gasteiger partial charge in [-0.3, -0.25) is 0 Å². The van der Waals surface area contributed by atoms with Crippen LogP contribution in [0.4, 0.5) is 0 Å². The van der Waals surface area contributed by atoms with Crippen LogP contribution in [0.1, 0.15) is 13.3 Å². The number of hydrogen-bond donors (Lipinski definition) is 1. The van der Waals surface area contributed by atoms with Crippen molar-refractivity contribution in [2.24, 2.45) is 0 Å². The summed E-state index contributed by atoms with van der Waals surface area (Å²) in [5.41, 5.74) is 0. The van der Waals surface area contributed by atoms with Crippen molar-refractivity contribution in [3.8, 4) is 6.07 Å². The lowest BCUT2D eigenvalue weighted by Gasteiger charge is -2.11. The number of nitrogens with zero attached hydrogens (tertiary/aromatic N) is 2. The lowest BCUT2D eigenvalue weighted by atomic mass is 10.3. The third kappa shape index (κ3) is 3.92. The highest BCUT2D eigenvalue weighted by atomic mass is 79.9. The van der Waals surface area contributed by atoms with Gasteiger partial charge in [0.15, 0.2) is 0 Å². The fraction of sp³-hybridized carbons (Fsp3) is 0.333. The van der Waals surface area contributed by atoms with Crippen LogP contribution in [0.25, 0.3) is 0 Å². The van der Waals surface area contributed by atoms with Crippen LogP contribution in [0.5, 0.6) is 0 Å². The molecule has 1 heterocycles. The maximum atomic E-state index is 11.9. The van der Waals surface area contributed by atoms with Crippen molar-refractivity contribution in [1.82, 2.24) is 9.71 Å². The molecule has 1 atom stereocenters. The summed E-state index contributed by atoms with van der Waals surface area (Å²) in [6.07, 6.45) is 1.48. The first kappa shape index (κ1) is 14.4. The second-order valence-corrected chi connectivity index (χ2v) is 6.28. The van der Waals surface area contributed by atoms with Crippen LogP contribution in [0.2, 0.25) is 5.15 Å². The van der Waals surface area contributed by atoms with Gasteiger partial charge in [-0.1, -0.05) is 11.6 Å². The Hall–Kier alpha value is -0.680. The molecule has 0 fully saturated rings. The number of pyridine rings is 1. The summed E-state index contributed by atoms with van der Waals surface area (Å²) < 4.78 is 26.7. The molecule has 1 rings (SSSR count). The van der Waals surface area contributed by atoms with E-state index in [1.165, 1.54) is 12.3 Å². The third-order valence-corrected chi connectivity index (χ3v) is 4.27. The normalized spacial score (nSPS) is 13.1. The standard InChI is InChI=1S/C9H9BrClN3O2S/c1-6(2-3-12)14-17(15,16)8-4-7(10)5-13-9(8)11/h4-6,14H,2H2,1H3. The molecule has 0 saturated carbocycles. The SMILES string of the molecule is CC(CC#N)NS(=O)(=O)c1cc(Br)cnc1Cl. The number of sulfonamides is 1. The third-order valence-electron chi connectivity index (χ3n) is 1.82. The summed E-state index contributed by atoms with van der Waals surface area (Å²) >= 11 is 8.85. The summed E-state index contributed by atoms with van der Waals surface area (Å²) in [4.78, 5) is 3.62. The van der Waals surface area contributed by atoms with Crippen molar-refractivity contribution in [2.45, 2.75) is 24.3 Å². The number of nitrogens with one attached hydrogen (secondary N) is 1. The van der Waals surface area contributed by atoms with Gasteiger partial charge in [-0.2, -0.15) is 5.26 Å². The van der Waals surface area contributed by atoms with Gasteiger partial charge in [-0.15, -0.1) is 0 Å². The summed E-state index contributed by atoms with van der Waals surface area (Å²) in [5.74, 6) is 0. The Bertz CT molecular complexity index is 556. The maximum absolute atomic E-state index is 11.9. The molecule has 0 radical (unpaired) electrons. The highest BCUT2D eigenvalue weighted by Gasteiger charge is 2.21. The Kier molecular flexibility index (Phi) is 4.89. The molecule has 17 heavy (non-hydrogen) atoms. The lowest BCUT2D eigenvalue weighted by molar-refractivity contribution is 0.563. The molecule has 0 saturated heterocycles. The van der Waals surface area contributed by atoms with Crippen LogP contribution in [-0.4, -0.2) is 19.4 Å². The van der Waals surface area contributed by atoms with Crippen LogP contribution in [-0.2, 0) is 10.0 Å². The first-order valence-corrected chi connectivity index (χ1v) is 7.22. The van der Waals surface area contributed by atoms with Crippen LogP contribution in [0.15, 0.2) is 21.6 Å². The zero-order valence-electron chi connectivity index (χ0n) is 8.81. The Morgan fingerprint density at radius 3 is 2.94 bits per heavy atom. The number of nitriles is 1. The van der Waals surface area contributed by atoms with E-state index in [0.717, 1.165) is 0 Å². The van der Waals surface area contributed by atoms with Crippen LogP contribution >= 0.6 is 27.5 Å². The quantitative estimate of drug-likeness (QED) is 0.852. The van der Waals surface area contributed by atoms with Crippen molar-refractivity contribution in [3.63, 3.8) is 0 Å². The fourth-order valence-electron chi connectivity index (χ4n) is 1.10. The molecule has 0 bridgehead atoms. The maximum Gasteiger partial charge on any atom is 0.243 e. The van der Waals surface area contributed by atoms with Gasteiger partial charge in [0.05, 0.1) is 12.5 Å². The van der Waals surface area contributed by atoms with Crippen molar-refractivity contribution in [1.29, 1.82) is 5.26 Å². The van der Waals surface area contributed by atoms with E-state index in [4.69, 9.17) is 16.9 Å². The van der Waals surface area contributed by atoms with Gasteiger partial charge < -0.3 is 0 Å². The summed E-state index contributed by atoms with van der Waals surface area (Å²) in [6.45, 7) is 1.60. The summed E-state index contributed by atoms with van der Waals surface area (Å²) in [7, 11) is -3.76. The highest BCUT2D eigenvalue weighted by molar-refractivity contribution is 9.10. The summed E-state index contributed by atoms with van der Waals surface area (Å²) in [5, 5.41) is 8.37. The molecule has 0 aromatic carbocycles. The predicted octanol–water partition coefficient (Wildman–Crippen LogP) is 2.08. The first-order valence-electron chi connectivity index (χ1n) is 4.57. The van der Waals surface area contributed by atoms with E-state index in [1.807, 2.05) is 6.07 Å². The van der Waals surface area contributed by atoms with Crippen LogP contribution < -0.4 is 4.72 Å². The van der Waals surface area contributed by atoms with Gasteiger partial charge in [0.25, 0.3) is 0 Å². The molecular weight excluding hydrogens is 330 g/mol. The monoisotopic (exact) mass is 337 g/mol. The largest absolute Gasteiger partial charge is 0.243 e. The lowest BCUT2D eigenvalue weighted by Crippen LogP contribution is -2.32. The molecule has 0 aliphatic carbocycles. The van der Waals surface area contributed by atoms with E-state index in [9.17, 15) is 8.42 Å². The molecule has 0 aliphatic heterocycles. The molecule has 1 N–H and O–H groups in total. The van der Waals surface area contributed by atoms with Gasteiger partial charge in [0, 0.05) is 16.7 Å². The number of hydrogen-bond acceptors (Lipinski definition) is 4. The summed E-state index contributed by atoms with van der Waals surface area (Å²) in [6, 6.07) is 2.75. The van der Waals surface area contributed by atoms with Crippen molar-refractivity contribution >= 4 is 37.6 Å². The van der Waals surface area contributed by atoms with E-state index in [-0.39, 0.29) is 16.5 Å². The Morgan fingerprint density at radius 1 is 1.71 bits per heavy atom. The predicted molar refractivity (Wildman–Crippen MR) is 67.0 cm³/mol. The molecule has 0 aliphatic rings. The van der Waals surface area contributed by atoms with Crippen molar-refractivity contribution < 1.29 is 8.42 Å². The molecule has 1 aromatic heterocycles. The van der Waals surface area contributed by atoms with Gasteiger partial charge in [0.1, 0.15) is 10.0 Å². The number of halogens is 2. The molecule has 1 aromatic rings. The molecule has 92 valence electrons. The molecular formula is C9H9BrClN3O2S. The fourth-order valence-corrected chi connectivity index (χ4v) is 3.29. The molecule has 8 heteroatoms. The van der Waals surface area contributed by atoms with E-state index < -0.39 is 16.1 Å². The number of rotatable bonds is 4. The van der Waals surface area contributed by atoms with Crippen molar-refractivity contribution in [3.05, 3.63) is 21.9 Å². The van der Waals surface area contributed by atoms with E-state index >= 15 is 0 Å². The van der Waals surface area contributed by atoms with E-state index in [1.54, 1.807) is 6.92 Å². The number of aromatic nitrogens is 1. The van der Waals surface area contributed by atoms with Gasteiger partial charge >= 0.3 is 0 Å². The Balaban J connectivity index is 3.06. The highest BCUT2D eigenvalue weighted by Crippen LogP contribution is 2.22. The minimum Gasteiger partial charge on any atom is -0.242 e. The van der Waals surface area contributed by atoms with Gasteiger partial charge in [-0.25, -0.2) is 18.1 Å². The minimum absolute atomic E-state index is 0.0816. The second-order valence-electron chi connectivity index (χ2n) is 3.33. The average Bonchev–Trinajstić information content (AvgIpc) is 2.21. The molecule has 5 nitrogen and oxygen atoms in total. The Morgan fingerprint density at radius 2 is 2.35 bits per heavy atom. The smallest absolute Gasteiger partial charge is 0.242 e. The average molecular weight is 339 g/mol. The molecule has 0 spiro atoms. The van der Waals surface area contributed by atoms with Crippen LogP contribution in [0.3, 0.4) is 0 Å². The topological polar surface area (TPSA) is 82.9 Å². The first-order chi connectivity index (χ1) is 7.86. The van der Waals surface area contributed by atoms with Gasteiger partial charge in [-0.05, 0) is 28.9 Å². The minimum atomic E-state index is -3.76. The molecule has 0 amide bonds. The zero-order chi connectivity index (χ0) is 13.1. The van der Waals surface area contributed by atoms with E-state index in [0.29, 0.717) is 4.47 Å². The van der Waals surface area contributed by atoms with Crippen molar-refractivity contribution in [2.75, 3.05) is 0 Å².